The summed E-state index contributed by atoms with van der Waals surface area (Å²) in [6.45, 7) is 0. The summed E-state index contributed by atoms with van der Waals surface area (Å²) in [5, 5.41) is 14.4. The molecule has 0 aliphatic rings. The Morgan fingerprint density at radius 1 is 0.806 bits per heavy atom. The van der Waals surface area contributed by atoms with E-state index in [0.29, 0.717) is 5.13 Å². The third kappa shape index (κ3) is 3.67. The SMILES string of the molecule is COc1ccc(-c2nn(-c3ccccc3)cc2-c2ccccc2-c2nnc(N)s2)cc1. The van der Waals surface area contributed by atoms with Crippen molar-refractivity contribution >= 4 is 16.5 Å². The first-order valence-electron chi connectivity index (χ1n) is 9.71. The molecule has 2 heterocycles. The average molecular weight is 426 g/mol. The zero-order chi connectivity index (χ0) is 21.2. The molecule has 5 aromatic rings. The monoisotopic (exact) mass is 425 g/mol. The number of anilines is 1. The molecule has 0 aliphatic carbocycles. The quantitative estimate of drug-likeness (QED) is 0.412. The van der Waals surface area contributed by atoms with E-state index < -0.39 is 0 Å². The Kier molecular flexibility index (Phi) is 4.93. The summed E-state index contributed by atoms with van der Waals surface area (Å²) in [5.74, 6) is 0.803. The molecule has 0 amide bonds. The first-order chi connectivity index (χ1) is 15.2. The minimum atomic E-state index is 0.445. The summed E-state index contributed by atoms with van der Waals surface area (Å²) >= 11 is 1.37. The molecule has 31 heavy (non-hydrogen) atoms. The van der Waals surface area contributed by atoms with Crippen LogP contribution in [0.5, 0.6) is 5.75 Å². The van der Waals surface area contributed by atoms with Crippen molar-refractivity contribution in [3.63, 3.8) is 0 Å². The fourth-order valence-corrected chi connectivity index (χ4v) is 4.14. The summed E-state index contributed by atoms with van der Waals surface area (Å²) in [7, 11) is 1.66. The summed E-state index contributed by atoms with van der Waals surface area (Å²) in [5.41, 5.74) is 11.7. The van der Waals surface area contributed by atoms with E-state index in [9.17, 15) is 0 Å². The van der Waals surface area contributed by atoms with E-state index in [4.69, 9.17) is 15.6 Å². The minimum Gasteiger partial charge on any atom is -0.497 e. The first-order valence-corrected chi connectivity index (χ1v) is 10.5. The summed E-state index contributed by atoms with van der Waals surface area (Å²) in [4.78, 5) is 0. The number of nitrogen functional groups attached to an aromatic ring is 1. The first kappa shape index (κ1) is 19.0. The lowest BCUT2D eigenvalue weighted by atomic mass is 9.97. The van der Waals surface area contributed by atoms with Gasteiger partial charge in [-0.3, -0.25) is 0 Å². The van der Waals surface area contributed by atoms with Gasteiger partial charge in [-0.15, -0.1) is 10.2 Å². The van der Waals surface area contributed by atoms with Crippen LogP contribution >= 0.6 is 11.3 Å². The van der Waals surface area contributed by atoms with Crippen molar-refractivity contribution in [3.05, 3.63) is 85.1 Å². The molecule has 0 aliphatic heterocycles. The number of para-hydroxylation sites is 1. The van der Waals surface area contributed by atoms with Gasteiger partial charge in [-0.1, -0.05) is 53.8 Å². The van der Waals surface area contributed by atoms with Gasteiger partial charge in [0, 0.05) is 22.9 Å². The third-order valence-electron chi connectivity index (χ3n) is 4.99. The lowest BCUT2D eigenvalue weighted by Gasteiger charge is -2.08. The lowest BCUT2D eigenvalue weighted by molar-refractivity contribution is 0.415. The molecule has 0 spiro atoms. The van der Waals surface area contributed by atoms with Gasteiger partial charge in [0.15, 0.2) is 0 Å². The topological polar surface area (TPSA) is 78.8 Å². The maximum Gasteiger partial charge on any atom is 0.203 e. The van der Waals surface area contributed by atoms with Crippen molar-refractivity contribution < 1.29 is 4.74 Å². The number of benzene rings is 3. The third-order valence-corrected chi connectivity index (χ3v) is 5.77. The molecule has 5 rings (SSSR count). The highest BCUT2D eigenvalue weighted by molar-refractivity contribution is 7.18. The normalized spacial score (nSPS) is 10.9. The second-order valence-electron chi connectivity index (χ2n) is 6.89. The van der Waals surface area contributed by atoms with Crippen molar-refractivity contribution in [2.45, 2.75) is 0 Å². The van der Waals surface area contributed by atoms with Crippen LogP contribution in [0.3, 0.4) is 0 Å². The van der Waals surface area contributed by atoms with Crippen LogP contribution in [0, 0.1) is 0 Å². The largest absolute Gasteiger partial charge is 0.497 e. The van der Waals surface area contributed by atoms with Crippen molar-refractivity contribution in [2.75, 3.05) is 12.8 Å². The van der Waals surface area contributed by atoms with E-state index >= 15 is 0 Å². The molecule has 0 saturated carbocycles. The maximum absolute atomic E-state index is 5.85. The Hall–Kier alpha value is -3.97. The molecule has 0 saturated heterocycles. The standard InChI is InChI=1S/C24H19N5OS/c1-30-18-13-11-16(12-14-18)22-21(15-29(28-22)17-7-3-2-4-8-17)19-9-5-6-10-20(19)23-26-27-24(25)31-23/h2-15H,1H3,(H2,25,27). The smallest absolute Gasteiger partial charge is 0.203 e. The van der Waals surface area contributed by atoms with Crippen molar-refractivity contribution in [1.29, 1.82) is 0 Å². The van der Waals surface area contributed by atoms with Crippen LogP contribution in [0.25, 0.3) is 38.6 Å². The molecule has 2 N–H and O–H groups in total. The molecule has 7 heteroatoms. The van der Waals surface area contributed by atoms with Crippen LogP contribution in [0.15, 0.2) is 85.1 Å². The van der Waals surface area contributed by atoms with Crippen LogP contribution in [0.1, 0.15) is 0 Å². The molecule has 152 valence electrons. The van der Waals surface area contributed by atoms with Crippen molar-refractivity contribution in [1.82, 2.24) is 20.0 Å². The second-order valence-corrected chi connectivity index (χ2v) is 7.90. The van der Waals surface area contributed by atoms with Gasteiger partial charge in [-0.25, -0.2) is 4.68 Å². The number of nitrogens with two attached hydrogens (primary N) is 1. The fraction of sp³-hybridized carbons (Fsp3) is 0.0417. The number of rotatable bonds is 5. The van der Waals surface area contributed by atoms with Gasteiger partial charge < -0.3 is 10.5 Å². The zero-order valence-electron chi connectivity index (χ0n) is 16.8. The predicted molar refractivity (Wildman–Crippen MR) is 124 cm³/mol. The summed E-state index contributed by atoms with van der Waals surface area (Å²) in [6, 6.07) is 26.1. The zero-order valence-corrected chi connectivity index (χ0v) is 17.6. The fourth-order valence-electron chi connectivity index (χ4n) is 3.49. The van der Waals surface area contributed by atoms with Gasteiger partial charge in [0.25, 0.3) is 0 Å². The Morgan fingerprint density at radius 2 is 1.52 bits per heavy atom. The predicted octanol–water partition coefficient (Wildman–Crippen LogP) is 5.32. The van der Waals surface area contributed by atoms with E-state index in [1.807, 2.05) is 77.5 Å². The summed E-state index contributed by atoms with van der Waals surface area (Å²) in [6.07, 6.45) is 2.05. The van der Waals surface area contributed by atoms with E-state index in [-0.39, 0.29) is 0 Å². The molecular weight excluding hydrogens is 406 g/mol. The molecule has 6 nitrogen and oxygen atoms in total. The Balaban J connectivity index is 1.72. The highest BCUT2D eigenvalue weighted by Crippen LogP contribution is 2.39. The number of nitrogens with zero attached hydrogens (tertiary/aromatic N) is 4. The van der Waals surface area contributed by atoms with Crippen molar-refractivity contribution in [2.24, 2.45) is 0 Å². The van der Waals surface area contributed by atoms with E-state index in [1.54, 1.807) is 7.11 Å². The van der Waals surface area contributed by atoms with Gasteiger partial charge >= 0.3 is 0 Å². The second kappa shape index (κ2) is 8.04. The number of methoxy groups -OCH3 is 1. The number of ether oxygens (including phenoxy) is 1. The van der Waals surface area contributed by atoms with E-state index in [0.717, 1.165) is 44.4 Å². The van der Waals surface area contributed by atoms with E-state index in [1.165, 1.54) is 11.3 Å². The van der Waals surface area contributed by atoms with Gasteiger partial charge in [0.1, 0.15) is 16.5 Å². The van der Waals surface area contributed by atoms with Gasteiger partial charge in [-0.05, 0) is 42.0 Å². The Labute approximate surface area is 183 Å². The minimum absolute atomic E-state index is 0.445. The molecular formula is C24H19N5OS. The maximum atomic E-state index is 5.85. The van der Waals surface area contributed by atoms with Crippen LogP contribution in [0.4, 0.5) is 5.13 Å². The average Bonchev–Trinajstić information content (AvgIpc) is 3.46. The molecule has 0 bridgehead atoms. The van der Waals surface area contributed by atoms with Crippen LogP contribution < -0.4 is 10.5 Å². The number of hydrogen-bond acceptors (Lipinski definition) is 6. The Morgan fingerprint density at radius 3 is 2.19 bits per heavy atom. The highest BCUT2D eigenvalue weighted by atomic mass is 32.1. The van der Waals surface area contributed by atoms with Crippen LogP contribution in [0.2, 0.25) is 0 Å². The summed E-state index contributed by atoms with van der Waals surface area (Å²) < 4.78 is 7.23. The van der Waals surface area contributed by atoms with Crippen LogP contribution in [-0.4, -0.2) is 27.1 Å². The molecule has 0 radical (unpaired) electrons. The van der Waals surface area contributed by atoms with Gasteiger partial charge in [0.05, 0.1) is 12.8 Å². The number of aromatic nitrogens is 4. The molecule has 0 atom stereocenters. The molecule has 0 fully saturated rings. The van der Waals surface area contributed by atoms with Gasteiger partial charge in [0.2, 0.25) is 5.13 Å². The van der Waals surface area contributed by atoms with Crippen LogP contribution in [-0.2, 0) is 0 Å². The van der Waals surface area contributed by atoms with E-state index in [2.05, 4.69) is 22.5 Å². The number of hydrogen-bond donors (Lipinski definition) is 1. The van der Waals surface area contributed by atoms with Crippen molar-refractivity contribution in [3.8, 4) is 44.4 Å². The molecule has 3 aromatic carbocycles. The highest BCUT2D eigenvalue weighted by Gasteiger charge is 2.19. The molecule has 0 unspecified atom stereocenters. The molecule has 2 aromatic heterocycles. The Bertz CT molecular complexity index is 1330. The van der Waals surface area contributed by atoms with Gasteiger partial charge in [-0.2, -0.15) is 5.10 Å². The lowest BCUT2D eigenvalue weighted by Crippen LogP contribution is -1.94.